The van der Waals surface area contributed by atoms with Crippen molar-refractivity contribution in [2.24, 2.45) is 9.75 Å². The second-order valence-electron chi connectivity index (χ2n) is 3.53. The molecule has 0 aliphatic carbocycles. The Morgan fingerprint density at radius 2 is 1.78 bits per heavy atom. The lowest BCUT2D eigenvalue weighted by Gasteiger charge is -2.04. The van der Waals surface area contributed by atoms with E-state index in [0.29, 0.717) is 21.8 Å². The summed E-state index contributed by atoms with van der Waals surface area (Å²) in [6.07, 6.45) is 0. The third kappa shape index (κ3) is 2.75. The van der Waals surface area contributed by atoms with Crippen LogP contribution in [0, 0.1) is 0 Å². The molecule has 18 heavy (non-hydrogen) atoms. The van der Waals surface area contributed by atoms with Crippen molar-refractivity contribution in [3.63, 3.8) is 0 Å². The van der Waals surface area contributed by atoms with Gasteiger partial charge in [0.05, 0.1) is 23.0 Å². The Balaban J connectivity index is 2.50. The predicted octanol–water partition coefficient (Wildman–Crippen LogP) is 4.81. The number of halogens is 2. The number of rotatable bonds is 3. The van der Waals surface area contributed by atoms with Crippen LogP contribution in [0.15, 0.2) is 58.3 Å². The Hall–Kier alpha value is -1.71. The maximum atomic E-state index is 12.3. The number of hydrogen-bond donors (Lipinski definition) is 0. The van der Waals surface area contributed by atoms with Gasteiger partial charge in [0.25, 0.3) is 0 Å². The second kappa shape index (κ2) is 5.76. The first-order valence-corrected chi connectivity index (χ1v) is 5.85. The van der Waals surface area contributed by atoms with Gasteiger partial charge in [0.2, 0.25) is 0 Å². The van der Waals surface area contributed by atoms with Crippen molar-refractivity contribution in [1.29, 1.82) is 0 Å². The minimum Gasteiger partial charge on any atom is -0.289 e. The molecule has 0 heterocycles. The first kappa shape index (κ1) is 12.7. The Bertz CT molecular complexity index is 597. The molecule has 0 aromatic heterocycles. The lowest BCUT2D eigenvalue weighted by atomic mass is 10.0. The molecular weight excluding hydrogens is 271 g/mol. The molecule has 5 heteroatoms. The zero-order valence-corrected chi connectivity index (χ0v) is 10.7. The molecule has 2 aromatic rings. The Morgan fingerprint density at radius 1 is 1.06 bits per heavy atom. The van der Waals surface area contributed by atoms with Gasteiger partial charge >= 0.3 is 0 Å². The van der Waals surface area contributed by atoms with E-state index in [1.807, 2.05) is 6.07 Å². The Morgan fingerprint density at radius 3 is 2.44 bits per heavy atom. The van der Waals surface area contributed by atoms with Crippen LogP contribution in [0.4, 0.5) is 5.69 Å². The van der Waals surface area contributed by atoms with Gasteiger partial charge in [-0.2, -0.15) is 0 Å². The van der Waals surface area contributed by atoms with Crippen LogP contribution in [0.25, 0.3) is 0 Å². The summed E-state index contributed by atoms with van der Waals surface area (Å²) in [5.41, 5.74) is 1.33. The van der Waals surface area contributed by atoms with Gasteiger partial charge in [-0.15, -0.1) is 5.11 Å². The SMILES string of the molecule is O=C(c1ccccc1)c1cc(Cl)ccc1N=NCl. The standard InChI is InChI=1S/C13H8Cl2N2O/c14-10-6-7-12(16-17-15)11(8-10)13(18)9-4-2-1-3-5-9/h1-8H. The van der Waals surface area contributed by atoms with E-state index in [1.54, 1.807) is 42.5 Å². The van der Waals surface area contributed by atoms with Crippen LogP contribution < -0.4 is 0 Å². The van der Waals surface area contributed by atoms with Crippen molar-refractivity contribution < 1.29 is 4.79 Å². The molecule has 0 N–H and O–H groups in total. The minimum absolute atomic E-state index is 0.169. The predicted molar refractivity (Wildman–Crippen MR) is 71.7 cm³/mol. The highest BCUT2D eigenvalue weighted by Crippen LogP contribution is 2.26. The van der Waals surface area contributed by atoms with Gasteiger partial charge in [0.15, 0.2) is 5.78 Å². The molecular formula is C13H8Cl2N2O. The smallest absolute Gasteiger partial charge is 0.195 e. The summed E-state index contributed by atoms with van der Waals surface area (Å²) < 4.78 is 3.17. The number of carbonyl (C=O) groups excluding carboxylic acids is 1. The second-order valence-corrected chi connectivity index (χ2v) is 4.12. The van der Waals surface area contributed by atoms with E-state index >= 15 is 0 Å². The van der Waals surface area contributed by atoms with Crippen molar-refractivity contribution in [1.82, 2.24) is 0 Å². The number of carbonyl (C=O) groups is 1. The molecule has 0 saturated heterocycles. The fourth-order valence-corrected chi connectivity index (χ4v) is 1.82. The molecule has 2 aromatic carbocycles. The highest BCUT2D eigenvalue weighted by Gasteiger charge is 2.14. The van der Waals surface area contributed by atoms with E-state index in [2.05, 4.69) is 9.75 Å². The zero-order chi connectivity index (χ0) is 13.0. The Labute approximate surface area is 114 Å². The fraction of sp³-hybridized carbons (Fsp3) is 0. The van der Waals surface area contributed by atoms with Crippen molar-refractivity contribution in [3.8, 4) is 0 Å². The van der Waals surface area contributed by atoms with Gasteiger partial charge in [-0.25, -0.2) is 0 Å². The summed E-state index contributed by atoms with van der Waals surface area (Å²) >= 11 is 11.1. The van der Waals surface area contributed by atoms with Gasteiger partial charge in [-0.05, 0) is 18.2 Å². The normalized spacial score (nSPS) is 10.8. The van der Waals surface area contributed by atoms with Crippen LogP contribution >= 0.6 is 23.4 Å². The summed E-state index contributed by atoms with van der Waals surface area (Å²) in [5.74, 6) is -0.169. The Kier molecular flexibility index (Phi) is 4.07. The van der Waals surface area contributed by atoms with Crippen molar-refractivity contribution in [3.05, 3.63) is 64.7 Å². The molecule has 0 saturated carbocycles. The van der Waals surface area contributed by atoms with Gasteiger partial charge in [-0.1, -0.05) is 46.6 Å². The molecule has 0 atom stereocenters. The lowest BCUT2D eigenvalue weighted by molar-refractivity contribution is 0.103. The van der Waals surface area contributed by atoms with Gasteiger partial charge in [0, 0.05) is 10.6 Å². The summed E-state index contributed by atoms with van der Waals surface area (Å²) in [4.78, 5) is 12.3. The molecule has 0 amide bonds. The summed E-state index contributed by atoms with van der Waals surface area (Å²) in [6.45, 7) is 0. The molecule has 0 aliphatic rings. The number of benzene rings is 2. The van der Waals surface area contributed by atoms with Gasteiger partial charge < -0.3 is 0 Å². The lowest BCUT2D eigenvalue weighted by Crippen LogP contribution is -2.01. The van der Waals surface area contributed by atoms with E-state index in [1.165, 1.54) is 0 Å². The third-order valence-corrected chi connectivity index (χ3v) is 2.70. The molecule has 0 spiro atoms. The average molecular weight is 279 g/mol. The van der Waals surface area contributed by atoms with Crippen molar-refractivity contribution >= 4 is 34.8 Å². The molecule has 0 radical (unpaired) electrons. The first-order chi connectivity index (χ1) is 8.72. The molecule has 0 unspecified atom stereocenters. The topological polar surface area (TPSA) is 41.8 Å². The van der Waals surface area contributed by atoms with E-state index in [0.717, 1.165) is 0 Å². The van der Waals surface area contributed by atoms with Gasteiger partial charge in [-0.3, -0.25) is 4.79 Å². The fourth-order valence-electron chi connectivity index (χ4n) is 1.56. The molecule has 0 bridgehead atoms. The van der Waals surface area contributed by atoms with Crippen LogP contribution in [0.3, 0.4) is 0 Å². The van der Waals surface area contributed by atoms with Gasteiger partial charge in [0.1, 0.15) is 0 Å². The van der Waals surface area contributed by atoms with Crippen LogP contribution in [-0.4, -0.2) is 5.78 Å². The number of hydrogen-bond acceptors (Lipinski definition) is 3. The maximum absolute atomic E-state index is 12.3. The van der Waals surface area contributed by atoms with E-state index in [4.69, 9.17) is 23.4 Å². The molecule has 90 valence electrons. The van der Waals surface area contributed by atoms with Crippen LogP contribution in [0.2, 0.25) is 5.02 Å². The summed E-state index contributed by atoms with van der Waals surface area (Å²) in [5, 5.41) is 4.17. The minimum atomic E-state index is -0.169. The van der Waals surface area contributed by atoms with Crippen LogP contribution in [0.1, 0.15) is 15.9 Å². The molecule has 0 fully saturated rings. The zero-order valence-electron chi connectivity index (χ0n) is 9.18. The highest BCUT2D eigenvalue weighted by molar-refractivity contribution is 6.31. The summed E-state index contributed by atoms with van der Waals surface area (Å²) in [6, 6.07) is 13.7. The first-order valence-electron chi connectivity index (χ1n) is 5.13. The highest BCUT2D eigenvalue weighted by atomic mass is 35.5. The summed E-state index contributed by atoms with van der Waals surface area (Å²) in [7, 11) is 0. The number of ketones is 1. The van der Waals surface area contributed by atoms with Crippen molar-refractivity contribution in [2.75, 3.05) is 0 Å². The van der Waals surface area contributed by atoms with E-state index < -0.39 is 0 Å². The monoisotopic (exact) mass is 278 g/mol. The van der Waals surface area contributed by atoms with Crippen LogP contribution in [-0.2, 0) is 0 Å². The van der Waals surface area contributed by atoms with Crippen LogP contribution in [0.5, 0.6) is 0 Å². The molecule has 0 aliphatic heterocycles. The number of nitrogens with zero attached hydrogens (tertiary/aromatic N) is 2. The van der Waals surface area contributed by atoms with E-state index in [9.17, 15) is 4.79 Å². The average Bonchev–Trinajstić information content (AvgIpc) is 2.41. The molecule has 3 nitrogen and oxygen atoms in total. The van der Waals surface area contributed by atoms with Crippen molar-refractivity contribution in [2.45, 2.75) is 0 Å². The quantitative estimate of drug-likeness (QED) is 0.587. The maximum Gasteiger partial charge on any atom is 0.195 e. The third-order valence-electron chi connectivity index (χ3n) is 2.38. The molecule has 2 rings (SSSR count). The largest absolute Gasteiger partial charge is 0.289 e. The van der Waals surface area contributed by atoms with E-state index in [-0.39, 0.29) is 5.78 Å².